The second-order valence-electron chi connectivity index (χ2n) is 3.38. The Kier molecular flexibility index (Phi) is 3.36. The van der Waals surface area contributed by atoms with Gasteiger partial charge in [-0.25, -0.2) is 0 Å². The number of aromatic nitrogens is 3. The monoisotopic (exact) mass is 281 g/mol. The van der Waals surface area contributed by atoms with Crippen LogP contribution in [0.4, 0.5) is 0 Å². The molecule has 2 aromatic rings. The van der Waals surface area contributed by atoms with E-state index in [1.807, 2.05) is 6.92 Å². The fourth-order valence-electron chi connectivity index (χ4n) is 1.60. The molecule has 1 atom stereocenters. The van der Waals surface area contributed by atoms with E-state index >= 15 is 0 Å². The van der Waals surface area contributed by atoms with Gasteiger partial charge in [0.25, 0.3) is 0 Å². The highest BCUT2D eigenvalue weighted by atomic mass is 79.9. The van der Waals surface area contributed by atoms with Gasteiger partial charge in [0, 0.05) is 18.9 Å². The Bertz CT molecular complexity index is 469. The third-order valence-corrected chi connectivity index (χ3v) is 3.02. The van der Waals surface area contributed by atoms with Gasteiger partial charge in [-0.05, 0) is 40.5 Å². The second kappa shape index (κ2) is 4.76. The van der Waals surface area contributed by atoms with Crippen molar-refractivity contribution in [2.75, 3.05) is 0 Å². The molecule has 2 aromatic heterocycles. The van der Waals surface area contributed by atoms with E-state index in [0.29, 0.717) is 0 Å². The normalized spacial score (nSPS) is 12.7. The van der Waals surface area contributed by atoms with Gasteiger partial charge in [-0.1, -0.05) is 0 Å². The molecular weight excluding hydrogens is 270 g/mol. The molecule has 0 aliphatic rings. The van der Waals surface area contributed by atoms with E-state index in [1.165, 1.54) is 0 Å². The molecule has 0 bridgehead atoms. The smallest absolute Gasteiger partial charge is 0.122 e. The maximum Gasteiger partial charge on any atom is 0.122 e. The fourth-order valence-corrected chi connectivity index (χ4v) is 2.11. The van der Waals surface area contributed by atoms with Crippen LogP contribution in [-0.4, -0.2) is 19.9 Å². The highest BCUT2D eigenvalue weighted by Gasteiger charge is 2.18. The molecule has 0 spiro atoms. The molecule has 2 rings (SSSR count). The van der Waals surface area contributed by atoms with Gasteiger partial charge in [-0.15, -0.1) is 0 Å². The third-order valence-electron chi connectivity index (χ3n) is 2.41. The molecule has 0 fully saturated rings. The fraction of sp³-hybridized carbons (Fsp3) is 0.273. The van der Waals surface area contributed by atoms with Crippen molar-refractivity contribution in [3.05, 3.63) is 46.5 Å². The Labute approximate surface area is 102 Å². The van der Waals surface area contributed by atoms with Gasteiger partial charge in [0.2, 0.25) is 0 Å². The molecule has 1 N–H and O–H groups in total. The molecule has 0 aliphatic heterocycles. The molecule has 0 aromatic carbocycles. The molecule has 1 unspecified atom stereocenters. The molecule has 2 heterocycles. The lowest BCUT2D eigenvalue weighted by Crippen LogP contribution is -2.09. The van der Waals surface area contributed by atoms with Gasteiger partial charge >= 0.3 is 0 Å². The SMILES string of the molecule is CCn1ncc(Br)c1C(O)c1ccncc1. The molecule has 4 nitrogen and oxygen atoms in total. The van der Waals surface area contributed by atoms with Gasteiger partial charge < -0.3 is 5.11 Å². The summed E-state index contributed by atoms with van der Waals surface area (Å²) in [4.78, 5) is 3.93. The van der Waals surface area contributed by atoms with Crippen molar-refractivity contribution in [3.8, 4) is 0 Å². The van der Waals surface area contributed by atoms with E-state index < -0.39 is 6.10 Å². The molecule has 0 aliphatic carbocycles. The van der Waals surface area contributed by atoms with Gasteiger partial charge in [-0.3, -0.25) is 9.67 Å². The second-order valence-corrected chi connectivity index (χ2v) is 4.23. The lowest BCUT2D eigenvalue weighted by atomic mass is 10.1. The van der Waals surface area contributed by atoms with Crippen molar-refractivity contribution in [1.29, 1.82) is 0 Å². The summed E-state index contributed by atoms with van der Waals surface area (Å²) in [5, 5.41) is 14.4. The summed E-state index contributed by atoms with van der Waals surface area (Å²) >= 11 is 3.40. The zero-order valence-corrected chi connectivity index (χ0v) is 10.4. The average molecular weight is 282 g/mol. The number of aryl methyl sites for hydroxylation is 1. The third kappa shape index (κ3) is 2.01. The lowest BCUT2D eigenvalue weighted by molar-refractivity contribution is 0.207. The molecule has 0 radical (unpaired) electrons. The summed E-state index contributed by atoms with van der Waals surface area (Å²) in [6, 6.07) is 3.59. The number of pyridine rings is 1. The predicted octanol–water partition coefficient (Wildman–Crippen LogP) is 2.14. The quantitative estimate of drug-likeness (QED) is 0.938. The van der Waals surface area contributed by atoms with Crippen LogP contribution < -0.4 is 0 Å². The Morgan fingerprint density at radius 3 is 2.75 bits per heavy atom. The number of aliphatic hydroxyl groups excluding tert-OH is 1. The molecule has 5 heteroatoms. The van der Waals surface area contributed by atoms with Crippen molar-refractivity contribution in [3.63, 3.8) is 0 Å². The van der Waals surface area contributed by atoms with Crippen LogP contribution >= 0.6 is 15.9 Å². The van der Waals surface area contributed by atoms with E-state index in [0.717, 1.165) is 22.3 Å². The van der Waals surface area contributed by atoms with Crippen LogP contribution in [0.1, 0.15) is 24.3 Å². The first-order chi connectivity index (χ1) is 7.74. The molecule has 16 heavy (non-hydrogen) atoms. The number of nitrogens with zero attached hydrogens (tertiary/aromatic N) is 3. The first-order valence-electron chi connectivity index (χ1n) is 5.03. The highest BCUT2D eigenvalue weighted by molar-refractivity contribution is 9.10. The van der Waals surface area contributed by atoms with Crippen LogP contribution in [0.5, 0.6) is 0 Å². The minimum Gasteiger partial charge on any atom is -0.382 e. The maximum absolute atomic E-state index is 10.3. The van der Waals surface area contributed by atoms with Crippen LogP contribution in [0.25, 0.3) is 0 Å². The lowest BCUT2D eigenvalue weighted by Gasteiger charge is -2.13. The largest absolute Gasteiger partial charge is 0.382 e. The topological polar surface area (TPSA) is 50.9 Å². The van der Waals surface area contributed by atoms with Crippen molar-refractivity contribution in [2.24, 2.45) is 0 Å². The number of aliphatic hydroxyl groups is 1. The molecular formula is C11H12BrN3O. The Morgan fingerprint density at radius 2 is 2.12 bits per heavy atom. The van der Waals surface area contributed by atoms with Crippen LogP contribution in [0.2, 0.25) is 0 Å². The van der Waals surface area contributed by atoms with E-state index in [-0.39, 0.29) is 0 Å². The number of halogens is 1. The number of hydrogen-bond acceptors (Lipinski definition) is 3. The van der Waals surface area contributed by atoms with E-state index in [2.05, 4.69) is 26.0 Å². The van der Waals surface area contributed by atoms with E-state index in [9.17, 15) is 5.11 Å². The zero-order valence-electron chi connectivity index (χ0n) is 8.84. The minimum absolute atomic E-state index is 0.681. The van der Waals surface area contributed by atoms with Crippen molar-refractivity contribution in [1.82, 2.24) is 14.8 Å². The van der Waals surface area contributed by atoms with E-state index in [4.69, 9.17) is 0 Å². The average Bonchev–Trinajstić information content (AvgIpc) is 2.70. The summed E-state index contributed by atoms with van der Waals surface area (Å²) in [6.45, 7) is 2.71. The summed E-state index contributed by atoms with van der Waals surface area (Å²) in [5.41, 5.74) is 1.58. The minimum atomic E-state index is -0.681. The Morgan fingerprint density at radius 1 is 1.44 bits per heavy atom. The van der Waals surface area contributed by atoms with E-state index in [1.54, 1.807) is 35.4 Å². The van der Waals surface area contributed by atoms with Gasteiger partial charge in [-0.2, -0.15) is 5.10 Å². The summed E-state index contributed by atoms with van der Waals surface area (Å²) in [6.07, 6.45) is 4.35. The van der Waals surface area contributed by atoms with Crippen molar-refractivity contribution in [2.45, 2.75) is 19.6 Å². The summed E-state index contributed by atoms with van der Waals surface area (Å²) < 4.78 is 2.59. The van der Waals surface area contributed by atoms with Crippen LogP contribution in [0, 0.1) is 0 Å². The first-order valence-corrected chi connectivity index (χ1v) is 5.82. The number of rotatable bonds is 3. The highest BCUT2D eigenvalue weighted by Crippen LogP contribution is 2.27. The predicted molar refractivity (Wildman–Crippen MR) is 63.9 cm³/mol. The molecule has 84 valence electrons. The van der Waals surface area contributed by atoms with Gasteiger partial charge in [0.15, 0.2) is 0 Å². The van der Waals surface area contributed by atoms with Crippen molar-refractivity contribution >= 4 is 15.9 Å². The Hall–Kier alpha value is -1.20. The maximum atomic E-state index is 10.3. The Balaban J connectivity index is 2.41. The van der Waals surface area contributed by atoms with Crippen molar-refractivity contribution < 1.29 is 5.11 Å². The molecule has 0 saturated carbocycles. The van der Waals surface area contributed by atoms with Gasteiger partial charge in [0.05, 0.1) is 16.4 Å². The standard InChI is InChI=1S/C11H12BrN3O/c1-2-15-10(9(12)7-14-15)11(16)8-3-5-13-6-4-8/h3-7,11,16H,2H2,1H3. The number of hydrogen-bond donors (Lipinski definition) is 1. The summed E-state index contributed by atoms with van der Waals surface area (Å²) in [5.74, 6) is 0. The zero-order chi connectivity index (χ0) is 11.5. The summed E-state index contributed by atoms with van der Waals surface area (Å²) in [7, 11) is 0. The van der Waals surface area contributed by atoms with Crippen LogP contribution in [-0.2, 0) is 6.54 Å². The van der Waals surface area contributed by atoms with Crippen LogP contribution in [0.3, 0.4) is 0 Å². The van der Waals surface area contributed by atoms with Gasteiger partial charge in [0.1, 0.15) is 6.10 Å². The molecule has 0 saturated heterocycles. The first kappa shape index (κ1) is 11.3. The molecule has 0 amide bonds. The van der Waals surface area contributed by atoms with Crippen LogP contribution in [0.15, 0.2) is 35.2 Å².